The molecular weight excluding hydrogens is 450 g/mol. The van der Waals surface area contributed by atoms with Crippen LogP contribution >= 0.6 is 11.3 Å². The Hall–Kier alpha value is -2.22. The monoisotopic (exact) mass is 489 g/mol. The van der Waals surface area contributed by atoms with E-state index in [2.05, 4.69) is 33.8 Å². The van der Waals surface area contributed by atoms with Crippen molar-refractivity contribution in [3.8, 4) is 5.75 Å². The molecule has 1 heterocycles. The summed E-state index contributed by atoms with van der Waals surface area (Å²) < 4.78 is 5.84. The van der Waals surface area contributed by atoms with Crippen molar-refractivity contribution in [2.45, 2.75) is 85.9 Å². The Bertz CT molecular complexity index is 1010. The third-order valence-electron chi connectivity index (χ3n) is 6.02. The van der Waals surface area contributed by atoms with Gasteiger partial charge in [0.15, 0.2) is 5.78 Å². The fraction of sp³-hybridized carbons (Fsp3) is 0.556. The van der Waals surface area contributed by atoms with Gasteiger partial charge in [-0.3, -0.25) is 9.59 Å². The van der Waals surface area contributed by atoms with E-state index in [1.807, 2.05) is 19.9 Å². The largest absolute Gasteiger partial charge is 0.490 e. The van der Waals surface area contributed by atoms with E-state index in [-0.39, 0.29) is 18.8 Å². The summed E-state index contributed by atoms with van der Waals surface area (Å²) in [5.41, 5.74) is 10.5. The fourth-order valence-corrected chi connectivity index (χ4v) is 5.36. The van der Waals surface area contributed by atoms with Gasteiger partial charge in [0.1, 0.15) is 18.5 Å². The lowest BCUT2D eigenvalue weighted by molar-refractivity contribution is -0.127. The highest BCUT2D eigenvalue weighted by atomic mass is 32.1. The van der Waals surface area contributed by atoms with Crippen LogP contribution in [0, 0.1) is 26.7 Å². The Morgan fingerprint density at radius 2 is 1.82 bits per heavy atom. The molecule has 2 atom stereocenters. The number of nitrogens with two attached hydrogens (primary N) is 1. The smallest absolute Gasteiger partial charge is 0.246 e. The number of carbonyl (C=O) groups excluding carboxylic acids is 2. The van der Waals surface area contributed by atoms with Crippen LogP contribution in [0.1, 0.15) is 76.0 Å². The first kappa shape index (κ1) is 28.0. The summed E-state index contributed by atoms with van der Waals surface area (Å²) in [6.07, 6.45) is 0.253. The Kier molecular flexibility index (Phi) is 10.3. The van der Waals surface area contributed by atoms with Crippen LogP contribution in [0.3, 0.4) is 0 Å². The average Bonchev–Trinajstić information content (AvgIpc) is 3.04. The van der Waals surface area contributed by atoms with E-state index < -0.39 is 18.1 Å². The molecule has 1 aromatic heterocycles. The Balaban J connectivity index is 2.07. The maximum absolute atomic E-state index is 13.0. The molecule has 0 aliphatic heterocycles. The molecule has 0 bridgehead atoms. The zero-order valence-corrected chi connectivity index (χ0v) is 22.1. The van der Waals surface area contributed by atoms with E-state index in [1.54, 1.807) is 11.3 Å². The normalized spacial score (nSPS) is 13.2. The van der Waals surface area contributed by atoms with Gasteiger partial charge >= 0.3 is 0 Å². The number of aliphatic hydroxyl groups excluding tert-OH is 2. The summed E-state index contributed by atoms with van der Waals surface area (Å²) in [4.78, 5) is 26.1. The van der Waals surface area contributed by atoms with Gasteiger partial charge in [0.25, 0.3) is 0 Å². The molecule has 6 nitrogen and oxygen atoms in total. The van der Waals surface area contributed by atoms with Crippen molar-refractivity contribution in [3.05, 3.63) is 49.7 Å². The minimum Gasteiger partial charge on any atom is -0.490 e. The molecule has 4 N–H and O–H groups in total. The first-order chi connectivity index (χ1) is 15.9. The van der Waals surface area contributed by atoms with E-state index in [4.69, 9.17) is 10.5 Å². The number of aliphatic hydroxyl groups is 2. The summed E-state index contributed by atoms with van der Waals surface area (Å²) >= 11 is 1.61. The fourth-order valence-electron chi connectivity index (χ4n) is 4.20. The Labute approximate surface area is 207 Å². The summed E-state index contributed by atoms with van der Waals surface area (Å²) in [7, 11) is 0. The van der Waals surface area contributed by atoms with Crippen molar-refractivity contribution >= 4 is 23.0 Å². The lowest BCUT2D eigenvalue weighted by Crippen LogP contribution is -2.33. The number of Topliss-reactive ketones (excluding diaryl/α,β-unsaturated/α-hetero) is 1. The molecular formula is C27H39NO5S. The quantitative estimate of drug-likeness (QED) is 0.365. The molecule has 0 aliphatic carbocycles. The van der Waals surface area contributed by atoms with E-state index in [0.717, 1.165) is 40.0 Å². The average molecular weight is 490 g/mol. The number of hydrogen-bond acceptors (Lipinski definition) is 6. The lowest BCUT2D eigenvalue weighted by atomic mass is 9.96. The second-order valence-electron chi connectivity index (χ2n) is 9.49. The molecule has 0 spiro atoms. The van der Waals surface area contributed by atoms with Crippen LogP contribution in [0.4, 0.5) is 0 Å². The first-order valence-electron chi connectivity index (χ1n) is 12.0. The molecule has 0 aliphatic rings. The molecule has 0 saturated carbocycles. The maximum Gasteiger partial charge on any atom is 0.246 e. The van der Waals surface area contributed by atoms with Gasteiger partial charge in [0.05, 0.1) is 11.0 Å². The van der Waals surface area contributed by atoms with Gasteiger partial charge < -0.3 is 20.7 Å². The van der Waals surface area contributed by atoms with Crippen molar-refractivity contribution in [2.75, 3.05) is 6.61 Å². The number of hydrogen-bond donors (Lipinski definition) is 3. The highest BCUT2D eigenvalue weighted by Crippen LogP contribution is 2.31. The van der Waals surface area contributed by atoms with Crippen molar-refractivity contribution in [1.29, 1.82) is 0 Å². The standard InChI is InChI=1S/C27H39NO5S/c1-7-20-12-19(11-16(4)25(20)33-14-21(29)13-24(31)27(28)32)8-9-23(30)26-17(5)22(10-15(2)3)18(6)34-26/h11-12,15,21,24,29,31H,7-10,13-14H2,1-6H3,(H2,28,32)/t21-,24?/m1/s1. The van der Waals surface area contributed by atoms with Crippen molar-refractivity contribution in [2.24, 2.45) is 11.7 Å². The lowest BCUT2D eigenvalue weighted by Gasteiger charge is -2.18. The minimum absolute atomic E-state index is 0.0499. The predicted octanol–water partition coefficient (Wildman–Crippen LogP) is 4.23. The number of ketones is 1. The first-order valence-corrected chi connectivity index (χ1v) is 12.8. The minimum atomic E-state index is -1.40. The molecule has 1 amide bonds. The second kappa shape index (κ2) is 12.5. The summed E-state index contributed by atoms with van der Waals surface area (Å²) in [6, 6.07) is 4.07. The van der Waals surface area contributed by atoms with Gasteiger partial charge in [0, 0.05) is 17.7 Å². The molecule has 2 aromatic rings. The van der Waals surface area contributed by atoms with E-state index in [1.165, 1.54) is 10.4 Å². The highest BCUT2D eigenvalue weighted by molar-refractivity contribution is 7.14. The molecule has 0 saturated heterocycles. The molecule has 0 fully saturated rings. The number of carbonyl (C=O) groups is 2. The maximum atomic E-state index is 13.0. The van der Waals surface area contributed by atoms with Crippen molar-refractivity contribution in [3.63, 3.8) is 0 Å². The molecule has 7 heteroatoms. The van der Waals surface area contributed by atoms with Crippen LogP contribution in [0.2, 0.25) is 0 Å². The molecule has 1 aromatic carbocycles. The number of primary amides is 1. The Morgan fingerprint density at radius 1 is 1.15 bits per heavy atom. The van der Waals surface area contributed by atoms with E-state index in [0.29, 0.717) is 24.5 Å². The van der Waals surface area contributed by atoms with Gasteiger partial charge in [0.2, 0.25) is 5.91 Å². The van der Waals surface area contributed by atoms with Gasteiger partial charge in [-0.2, -0.15) is 0 Å². The van der Waals surface area contributed by atoms with Gasteiger partial charge in [-0.15, -0.1) is 11.3 Å². The summed E-state index contributed by atoms with van der Waals surface area (Å²) in [5.74, 6) is 0.564. The van der Waals surface area contributed by atoms with Crippen molar-refractivity contribution in [1.82, 2.24) is 0 Å². The van der Waals surface area contributed by atoms with E-state index >= 15 is 0 Å². The summed E-state index contributed by atoms with van der Waals surface area (Å²) in [6.45, 7) is 12.5. The number of benzene rings is 1. The number of amides is 1. The zero-order valence-electron chi connectivity index (χ0n) is 21.2. The number of rotatable bonds is 13. The van der Waals surface area contributed by atoms with Gasteiger partial charge in [-0.1, -0.05) is 32.9 Å². The molecule has 1 unspecified atom stereocenters. The van der Waals surface area contributed by atoms with Crippen LogP contribution in [0.5, 0.6) is 5.75 Å². The predicted molar refractivity (Wildman–Crippen MR) is 137 cm³/mol. The molecule has 0 radical (unpaired) electrons. The van der Waals surface area contributed by atoms with Crippen LogP contribution in [0.25, 0.3) is 0 Å². The van der Waals surface area contributed by atoms with Crippen LogP contribution in [-0.2, 0) is 24.1 Å². The van der Waals surface area contributed by atoms with Crippen molar-refractivity contribution < 1.29 is 24.5 Å². The third-order valence-corrected chi connectivity index (χ3v) is 7.31. The zero-order chi connectivity index (χ0) is 25.6. The SMILES string of the molecule is CCc1cc(CCC(=O)c2sc(C)c(CC(C)C)c2C)cc(C)c1OC[C@H](O)CC(O)C(N)=O. The van der Waals surface area contributed by atoms with Crippen LogP contribution in [0.15, 0.2) is 12.1 Å². The number of aryl methyl sites for hydroxylation is 4. The number of thiophene rings is 1. The van der Waals surface area contributed by atoms with E-state index in [9.17, 15) is 19.8 Å². The highest BCUT2D eigenvalue weighted by Gasteiger charge is 2.20. The second-order valence-corrected chi connectivity index (χ2v) is 10.7. The van der Waals surface area contributed by atoms with Crippen LogP contribution < -0.4 is 10.5 Å². The van der Waals surface area contributed by atoms with Gasteiger partial charge in [-0.25, -0.2) is 0 Å². The number of ether oxygens (including phenoxy) is 1. The third kappa shape index (κ3) is 7.39. The Morgan fingerprint density at radius 3 is 2.41 bits per heavy atom. The molecule has 2 rings (SSSR count). The van der Waals surface area contributed by atoms with Crippen LogP contribution in [-0.4, -0.2) is 40.7 Å². The van der Waals surface area contributed by atoms with Gasteiger partial charge in [-0.05, 0) is 73.8 Å². The summed E-state index contributed by atoms with van der Waals surface area (Å²) in [5, 5.41) is 19.6. The molecule has 188 valence electrons. The topological polar surface area (TPSA) is 110 Å². The molecule has 34 heavy (non-hydrogen) atoms.